The quantitative estimate of drug-likeness (QED) is 0.433. The number of benzene rings is 2. The smallest absolute Gasteiger partial charge is 0.255 e. The van der Waals surface area contributed by atoms with Gasteiger partial charge >= 0.3 is 0 Å². The molecule has 0 unspecified atom stereocenters. The summed E-state index contributed by atoms with van der Waals surface area (Å²) in [5.41, 5.74) is 2.50. The molecule has 0 bridgehead atoms. The number of aliphatic hydroxyl groups excluding tert-OH is 1. The first kappa shape index (κ1) is 20.8. The Bertz CT molecular complexity index is 1230. The molecule has 4 rings (SSSR count). The van der Waals surface area contributed by atoms with Crippen LogP contribution in [0.4, 0.5) is 0 Å². The predicted octanol–water partition coefficient (Wildman–Crippen LogP) is 0.456. The number of amides is 1. The van der Waals surface area contributed by atoms with Gasteiger partial charge < -0.3 is 26.2 Å². The average Bonchev–Trinajstić information content (AvgIpc) is 2.68. The molecule has 2 aromatic rings. The Morgan fingerprint density at radius 3 is 2.42 bits per heavy atom. The van der Waals surface area contributed by atoms with Gasteiger partial charge in [0.1, 0.15) is 22.8 Å². The zero-order valence-electron chi connectivity index (χ0n) is 17.1. The van der Waals surface area contributed by atoms with Crippen LogP contribution < -0.4 is 5.73 Å². The lowest BCUT2D eigenvalue weighted by molar-refractivity contribution is -0.132. The minimum atomic E-state index is -2.65. The molecule has 0 heterocycles. The molecule has 0 radical (unpaired) electrons. The van der Waals surface area contributed by atoms with Crippen molar-refractivity contribution in [3.8, 4) is 11.5 Å². The summed E-state index contributed by atoms with van der Waals surface area (Å²) in [7, 11) is 3.10. The van der Waals surface area contributed by atoms with Gasteiger partial charge in [0.15, 0.2) is 11.4 Å². The van der Waals surface area contributed by atoms with Crippen LogP contribution in [0.2, 0.25) is 0 Å². The second kappa shape index (κ2) is 6.53. The van der Waals surface area contributed by atoms with Crippen LogP contribution in [0.3, 0.4) is 0 Å². The second-order valence-electron chi connectivity index (χ2n) is 8.29. The summed E-state index contributed by atoms with van der Waals surface area (Å²) in [5, 5.41) is 43.9. The summed E-state index contributed by atoms with van der Waals surface area (Å²) in [6, 6.07) is 3.50. The van der Waals surface area contributed by atoms with Crippen LogP contribution in [0, 0.1) is 12.8 Å². The monoisotopic (exact) mass is 426 g/mol. The van der Waals surface area contributed by atoms with Gasteiger partial charge in [0, 0.05) is 5.92 Å². The third-order valence-corrected chi connectivity index (χ3v) is 6.51. The Kier molecular flexibility index (Phi) is 4.39. The van der Waals surface area contributed by atoms with E-state index < -0.39 is 52.1 Å². The van der Waals surface area contributed by atoms with E-state index in [2.05, 4.69) is 0 Å². The van der Waals surface area contributed by atoms with Crippen LogP contribution >= 0.6 is 0 Å². The highest BCUT2D eigenvalue weighted by Crippen LogP contribution is 2.50. The van der Waals surface area contributed by atoms with Gasteiger partial charge in [-0.15, -0.1) is 0 Å². The molecule has 2 aliphatic rings. The lowest BCUT2D eigenvalue weighted by Gasteiger charge is -2.47. The zero-order valence-corrected chi connectivity index (χ0v) is 17.1. The van der Waals surface area contributed by atoms with E-state index in [0.29, 0.717) is 16.5 Å². The third kappa shape index (κ3) is 2.47. The largest absolute Gasteiger partial charge is 0.508 e. The number of rotatable bonds is 2. The Hall–Kier alpha value is -3.43. The standard InChI is InChI=1S/C22H22N2O7/c1-8-9-5-4-6-12(25)13(9)17(26)14-10(8)7-11-16(24(2)3)18(27)15(21(23)30)20(29)22(11,31)19(14)28/h4-6,11,16,25-26,29,31H,7H2,1-3H3,(H2,23,30)/t11-,16+,22-/m0/s1. The number of phenols is 2. The van der Waals surface area contributed by atoms with Crippen LogP contribution in [0.25, 0.3) is 10.8 Å². The van der Waals surface area contributed by atoms with Crippen LogP contribution in [-0.4, -0.2) is 68.5 Å². The lowest BCUT2D eigenvalue weighted by Crippen LogP contribution is -2.64. The number of likely N-dealkylation sites (N-methyl/N-ethyl adjacent to an activating group) is 1. The van der Waals surface area contributed by atoms with Gasteiger partial charge in [-0.1, -0.05) is 12.1 Å². The van der Waals surface area contributed by atoms with Crippen molar-refractivity contribution < 1.29 is 34.8 Å². The van der Waals surface area contributed by atoms with Gasteiger partial charge in [-0.05, 0) is 50.0 Å². The Morgan fingerprint density at radius 2 is 1.84 bits per heavy atom. The number of carbonyl (C=O) groups excluding carboxylic acids is 3. The van der Waals surface area contributed by atoms with E-state index in [-0.39, 0.29) is 23.1 Å². The molecule has 1 amide bonds. The van der Waals surface area contributed by atoms with E-state index >= 15 is 0 Å². The van der Waals surface area contributed by atoms with Gasteiger partial charge in [-0.2, -0.15) is 0 Å². The summed E-state index contributed by atoms with van der Waals surface area (Å²) in [5.74, 6) is -6.18. The Labute approximate surface area is 177 Å². The number of aryl methyl sites for hydroxylation is 1. The number of nitrogens with two attached hydrogens (primary N) is 1. The average molecular weight is 426 g/mol. The molecule has 3 atom stereocenters. The summed E-state index contributed by atoms with van der Waals surface area (Å²) in [4.78, 5) is 39.9. The molecule has 0 saturated heterocycles. The second-order valence-corrected chi connectivity index (χ2v) is 8.29. The molecule has 0 spiro atoms. The highest BCUT2D eigenvalue weighted by atomic mass is 16.3. The molecule has 0 aliphatic heterocycles. The molecular formula is C22H22N2O7. The van der Waals surface area contributed by atoms with Crippen molar-refractivity contribution >= 4 is 28.2 Å². The summed E-state index contributed by atoms with van der Waals surface area (Å²) in [6.07, 6.45) is -0.0484. The number of phenolic OH excluding ortho intramolecular Hbond substituents is 2. The van der Waals surface area contributed by atoms with Crippen molar-refractivity contribution in [2.24, 2.45) is 11.7 Å². The van der Waals surface area contributed by atoms with E-state index in [1.165, 1.54) is 11.0 Å². The normalized spacial score (nSPS) is 25.7. The number of fused-ring (bicyclic) bond motifs is 3. The highest BCUT2D eigenvalue weighted by molar-refractivity contribution is 6.25. The number of aliphatic hydroxyl groups is 2. The molecule has 31 heavy (non-hydrogen) atoms. The van der Waals surface area contributed by atoms with E-state index in [9.17, 15) is 34.8 Å². The predicted molar refractivity (Wildman–Crippen MR) is 110 cm³/mol. The maximum Gasteiger partial charge on any atom is 0.255 e. The van der Waals surface area contributed by atoms with Gasteiger partial charge in [0.05, 0.1) is 17.0 Å². The zero-order chi connectivity index (χ0) is 23.0. The highest BCUT2D eigenvalue weighted by Gasteiger charge is 2.62. The van der Waals surface area contributed by atoms with Crippen molar-refractivity contribution in [2.75, 3.05) is 14.1 Å². The number of carbonyl (C=O) groups is 3. The maximum atomic E-state index is 13.6. The number of ketones is 2. The van der Waals surface area contributed by atoms with Crippen molar-refractivity contribution in [3.63, 3.8) is 0 Å². The van der Waals surface area contributed by atoms with Gasteiger partial charge in [-0.3, -0.25) is 19.3 Å². The van der Waals surface area contributed by atoms with Crippen molar-refractivity contribution in [3.05, 3.63) is 46.2 Å². The van der Waals surface area contributed by atoms with Crippen LogP contribution in [0.15, 0.2) is 29.5 Å². The van der Waals surface area contributed by atoms with E-state index in [1.54, 1.807) is 33.2 Å². The molecule has 0 fully saturated rings. The molecule has 9 nitrogen and oxygen atoms in total. The molecule has 9 heteroatoms. The SMILES string of the molecule is Cc1c2c(c(O)c3c(O)cccc13)C(=O)[C@]1(O)C(O)=C(C(N)=O)C(=O)[C@H](N(C)C)[C@@H]1C2. The fourth-order valence-electron chi connectivity index (χ4n) is 5.04. The molecule has 2 aromatic carbocycles. The molecule has 0 saturated carbocycles. The van der Waals surface area contributed by atoms with E-state index in [0.717, 1.165) is 0 Å². The fraction of sp³-hybridized carbons (Fsp3) is 0.318. The van der Waals surface area contributed by atoms with Gasteiger partial charge in [0.2, 0.25) is 5.78 Å². The lowest BCUT2D eigenvalue weighted by atomic mass is 9.61. The first-order valence-corrected chi connectivity index (χ1v) is 9.61. The van der Waals surface area contributed by atoms with Gasteiger partial charge in [0.25, 0.3) is 5.91 Å². The summed E-state index contributed by atoms with van der Waals surface area (Å²) >= 11 is 0. The number of nitrogens with zero attached hydrogens (tertiary/aromatic N) is 1. The van der Waals surface area contributed by atoms with Crippen LogP contribution in [-0.2, 0) is 16.0 Å². The van der Waals surface area contributed by atoms with Gasteiger partial charge in [-0.25, -0.2) is 0 Å². The first-order valence-electron chi connectivity index (χ1n) is 9.61. The summed E-state index contributed by atoms with van der Waals surface area (Å²) in [6.45, 7) is 1.71. The topological polar surface area (TPSA) is 161 Å². The first-order chi connectivity index (χ1) is 14.4. The molecule has 162 valence electrons. The van der Waals surface area contributed by atoms with Crippen molar-refractivity contribution in [2.45, 2.75) is 25.0 Å². The molecule has 2 aliphatic carbocycles. The summed E-state index contributed by atoms with van der Waals surface area (Å²) < 4.78 is 0. The number of primary amides is 1. The fourth-order valence-corrected chi connectivity index (χ4v) is 5.04. The van der Waals surface area contributed by atoms with Crippen molar-refractivity contribution in [1.29, 1.82) is 0 Å². The minimum absolute atomic E-state index is 0.0313. The number of hydrogen-bond donors (Lipinski definition) is 5. The number of aromatic hydroxyl groups is 2. The maximum absolute atomic E-state index is 13.6. The minimum Gasteiger partial charge on any atom is -0.508 e. The van der Waals surface area contributed by atoms with Crippen molar-refractivity contribution in [1.82, 2.24) is 4.90 Å². The molecule has 6 N–H and O–H groups in total. The number of hydrogen-bond acceptors (Lipinski definition) is 8. The molecular weight excluding hydrogens is 404 g/mol. The third-order valence-electron chi connectivity index (χ3n) is 6.51. The van der Waals surface area contributed by atoms with Crippen LogP contribution in [0.1, 0.15) is 21.5 Å². The van der Waals surface area contributed by atoms with E-state index in [1.807, 2.05) is 0 Å². The van der Waals surface area contributed by atoms with E-state index in [4.69, 9.17) is 5.73 Å². The van der Waals surface area contributed by atoms with Crippen LogP contribution in [0.5, 0.6) is 11.5 Å². The Balaban J connectivity index is 2.11. The Morgan fingerprint density at radius 1 is 1.19 bits per heavy atom. The molecule has 0 aromatic heterocycles. The number of Topliss-reactive ketones (excluding diaryl/α,β-unsaturated/α-hetero) is 2.